The Morgan fingerprint density at radius 1 is 1.29 bits per heavy atom. The van der Waals surface area contributed by atoms with E-state index in [1.54, 1.807) is 11.9 Å². The Morgan fingerprint density at radius 3 is 2.52 bits per heavy atom. The molecule has 0 aromatic carbocycles. The van der Waals surface area contributed by atoms with Crippen LogP contribution in [0.2, 0.25) is 0 Å². The van der Waals surface area contributed by atoms with Gasteiger partial charge in [0.1, 0.15) is 5.54 Å². The highest BCUT2D eigenvalue weighted by atomic mass is 16.5. The molecule has 2 atom stereocenters. The van der Waals surface area contributed by atoms with Crippen LogP contribution in [0.3, 0.4) is 0 Å². The Hall–Kier alpha value is -1.30. The van der Waals surface area contributed by atoms with Gasteiger partial charge in [-0.2, -0.15) is 0 Å². The number of hydrogen-bond donors (Lipinski definition) is 2. The average molecular weight is 298 g/mol. The zero-order valence-electron chi connectivity index (χ0n) is 12.9. The number of aliphatic carboxylic acids is 1. The van der Waals surface area contributed by atoms with E-state index in [-0.39, 0.29) is 12.1 Å². The van der Waals surface area contributed by atoms with E-state index in [1.807, 2.05) is 6.92 Å². The largest absolute Gasteiger partial charge is 0.480 e. The number of carboxylic acids is 1. The van der Waals surface area contributed by atoms with Crippen LogP contribution in [-0.2, 0) is 9.53 Å². The SMILES string of the molecule is CC1CCCC(NC(=O)N(C)C2CCOCC2)(C(=O)O)C1. The fourth-order valence-corrected chi connectivity index (χ4v) is 3.44. The molecule has 2 N–H and O–H groups in total. The van der Waals surface area contributed by atoms with E-state index in [1.165, 1.54) is 0 Å². The van der Waals surface area contributed by atoms with Crippen LogP contribution in [0, 0.1) is 5.92 Å². The number of nitrogens with one attached hydrogen (secondary N) is 1. The Kier molecular flexibility index (Phi) is 5.08. The van der Waals surface area contributed by atoms with Gasteiger partial charge in [-0.1, -0.05) is 19.8 Å². The molecule has 1 heterocycles. The van der Waals surface area contributed by atoms with Crippen molar-refractivity contribution in [1.82, 2.24) is 10.2 Å². The fourth-order valence-electron chi connectivity index (χ4n) is 3.44. The predicted octanol–water partition coefficient (Wildman–Crippen LogP) is 1.84. The van der Waals surface area contributed by atoms with Crippen LogP contribution in [0.15, 0.2) is 0 Å². The van der Waals surface area contributed by atoms with Crippen LogP contribution in [0.1, 0.15) is 45.4 Å². The Morgan fingerprint density at radius 2 is 1.95 bits per heavy atom. The quantitative estimate of drug-likeness (QED) is 0.833. The number of amides is 2. The van der Waals surface area contributed by atoms with Gasteiger partial charge in [0, 0.05) is 26.3 Å². The summed E-state index contributed by atoms with van der Waals surface area (Å²) in [6, 6.07) is -0.149. The highest BCUT2D eigenvalue weighted by Crippen LogP contribution is 2.33. The number of rotatable bonds is 3. The highest BCUT2D eigenvalue weighted by molar-refractivity contribution is 5.86. The lowest BCUT2D eigenvalue weighted by atomic mass is 9.76. The highest BCUT2D eigenvalue weighted by Gasteiger charge is 2.44. The fraction of sp³-hybridized carbons (Fsp3) is 0.867. The average Bonchev–Trinajstić information content (AvgIpc) is 2.47. The zero-order valence-corrected chi connectivity index (χ0v) is 12.9. The molecule has 0 radical (unpaired) electrons. The second kappa shape index (κ2) is 6.64. The lowest BCUT2D eigenvalue weighted by Crippen LogP contribution is -2.60. The lowest BCUT2D eigenvalue weighted by molar-refractivity contribution is -0.146. The summed E-state index contributed by atoms with van der Waals surface area (Å²) in [6.07, 6.45) is 4.51. The molecule has 1 saturated heterocycles. The van der Waals surface area contributed by atoms with Gasteiger partial charge in [0.2, 0.25) is 0 Å². The van der Waals surface area contributed by atoms with Crippen molar-refractivity contribution in [2.45, 2.75) is 57.0 Å². The minimum Gasteiger partial charge on any atom is -0.480 e. The van der Waals surface area contributed by atoms with Crippen molar-refractivity contribution < 1.29 is 19.4 Å². The van der Waals surface area contributed by atoms with Gasteiger partial charge in [-0.3, -0.25) is 0 Å². The summed E-state index contributed by atoms with van der Waals surface area (Å²) in [5.41, 5.74) is -1.10. The molecule has 21 heavy (non-hydrogen) atoms. The van der Waals surface area contributed by atoms with E-state index in [9.17, 15) is 14.7 Å². The summed E-state index contributed by atoms with van der Waals surface area (Å²) < 4.78 is 5.30. The van der Waals surface area contributed by atoms with E-state index in [2.05, 4.69) is 5.32 Å². The molecule has 0 aromatic rings. The third kappa shape index (κ3) is 3.67. The van der Waals surface area contributed by atoms with Crippen molar-refractivity contribution in [3.8, 4) is 0 Å². The van der Waals surface area contributed by atoms with Crippen molar-refractivity contribution >= 4 is 12.0 Å². The second-order valence-electron chi connectivity index (χ2n) is 6.47. The molecule has 2 fully saturated rings. The molecule has 0 spiro atoms. The Bertz CT molecular complexity index is 395. The minimum atomic E-state index is -1.10. The smallest absolute Gasteiger partial charge is 0.329 e. The topological polar surface area (TPSA) is 78.9 Å². The molecule has 1 aliphatic carbocycles. The van der Waals surface area contributed by atoms with E-state index < -0.39 is 11.5 Å². The maximum atomic E-state index is 12.4. The predicted molar refractivity (Wildman–Crippen MR) is 78.1 cm³/mol. The molecule has 120 valence electrons. The molecule has 6 nitrogen and oxygen atoms in total. The first-order chi connectivity index (χ1) is 9.94. The maximum Gasteiger partial charge on any atom is 0.329 e. The van der Waals surface area contributed by atoms with Crippen molar-refractivity contribution in [3.63, 3.8) is 0 Å². The summed E-state index contributed by atoms with van der Waals surface area (Å²) >= 11 is 0. The van der Waals surface area contributed by atoms with Gasteiger partial charge in [0.25, 0.3) is 0 Å². The van der Waals surface area contributed by atoms with Gasteiger partial charge < -0.3 is 20.1 Å². The van der Waals surface area contributed by atoms with Gasteiger partial charge in [-0.05, 0) is 31.6 Å². The van der Waals surface area contributed by atoms with E-state index in [4.69, 9.17) is 4.74 Å². The molecule has 1 aliphatic heterocycles. The molecule has 2 unspecified atom stereocenters. The Labute approximate surface area is 125 Å². The van der Waals surface area contributed by atoms with Crippen LogP contribution in [0.5, 0.6) is 0 Å². The molecule has 0 bridgehead atoms. The summed E-state index contributed by atoms with van der Waals surface area (Å²) in [5, 5.41) is 12.4. The molecule has 2 aliphatic rings. The van der Waals surface area contributed by atoms with Crippen LogP contribution in [0.25, 0.3) is 0 Å². The number of carboxylic acid groups (broad SMARTS) is 1. The van der Waals surface area contributed by atoms with Crippen molar-refractivity contribution in [2.24, 2.45) is 5.92 Å². The summed E-state index contributed by atoms with van der Waals surface area (Å²) in [6.45, 7) is 3.36. The van der Waals surface area contributed by atoms with Crippen LogP contribution in [0.4, 0.5) is 4.79 Å². The van der Waals surface area contributed by atoms with Crippen molar-refractivity contribution in [2.75, 3.05) is 20.3 Å². The summed E-state index contributed by atoms with van der Waals surface area (Å²) in [7, 11) is 1.74. The first kappa shape index (κ1) is 16.1. The van der Waals surface area contributed by atoms with Crippen LogP contribution in [-0.4, -0.2) is 53.8 Å². The number of nitrogens with zero attached hydrogens (tertiary/aromatic N) is 1. The zero-order chi connectivity index (χ0) is 15.5. The summed E-state index contributed by atoms with van der Waals surface area (Å²) in [5.74, 6) is -0.591. The molecular formula is C15H26N2O4. The van der Waals surface area contributed by atoms with Gasteiger partial charge in [-0.15, -0.1) is 0 Å². The van der Waals surface area contributed by atoms with E-state index >= 15 is 0 Å². The molecular weight excluding hydrogens is 272 g/mol. The van der Waals surface area contributed by atoms with Crippen molar-refractivity contribution in [1.29, 1.82) is 0 Å². The number of hydrogen-bond acceptors (Lipinski definition) is 3. The number of ether oxygens (including phenoxy) is 1. The molecule has 0 aromatic heterocycles. The van der Waals surface area contributed by atoms with Gasteiger partial charge in [0.15, 0.2) is 0 Å². The molecule has 1 saturated carbocycles. The van der Waals surface area contributed by atoms with E-state index in [0.29, 0.717) is 32.0 Å². The summed E-state index contributed by atoms with van der Waals surface area (Å²) in [4.78, 5) is 25.8. The molecule has 6 heteroatoms. The first-order valence-electron chi connectivity index (χ1n) is 7.81. The number of urea groups is 1. The maximum absolute atomic E-state index is 12.4. The normalized spacial score (nSPS) is 30.7. The van der Waals surface area contributed by atoms with Crippen LogP contribution < -0.4 is 5.32 Å². The number of carbonyl (C=O) groups is 2. The first-order valence-corrected chi connectivity index (χ1v) is 7.81. The lowest BCUT2D eigenvalue weighted by Gasteiger charge is -2.39. The minimum absolute atomic E-state index is 0.130. The van der Waals surface area contributed by atoms with Gasteiger partial charge in [-0.25, -0.2) is 9.59 Å². The van der Waals surface area contributed by atoms with Crippen molar-refractivity contribution in [3.05, 3.63) is 0 Å². The second-order valence-corrected chi connectivity index (χ2v) is 6.47. The molecule has 2 amide bonds. The molecule has 2 rings (SSSR count). The van der Waals surface area contributed by atoms with Crippen LogP contribution >= 0.6 is 0 Å². The van der Waals surface area contributed by atoms with Gasteiger partial charge >= 0.3 is 12.0 Å². The monoisotopic (exact) mass is 298 g/mol. The van der Waals surface area contributed by atoms with Gasteiger partial charge in [0.05, 0.1) is 0 Å². The Balaban J connectivity index is 2.02. The third-order valence-electron chi connectivity index (χ3n) is 4.81. The third-order valence-corrected chi connectivity index (χ3v) is 4.81. The number of carbonyl (C=O) groups excluding carboxylic acids is 1. The van der Waals surface area contributed by atoms with E-state index in [0.717, 1.165) is 25.7 Å². The standard InChI is InChI=1S/C15H26N2O4/c1-11-4-3-7-15(10-11,13(18)19)16-14(20)17(2)12-5-8-21-9-6-12/h11-12H,3-10H2,1-2H3,(H,16,20)(H,18,19).